The van der Waals surface area contributed by atoms with Gasteiger partial charge in [0, 0.05) is 6.54 Å². The van der Waals surface area contributed by atoms with E-state index in [0.717, 1.165) is 17.8 Å². The Kier molecular flexibility index (Phi) is 2.35. The van der Waals surface area contributed by atoms with E-state index in [1.807, 2.05) is 0 Å². The van der Waals surface area contributed by atoms with Crippen LogP contribution in [0.25, 0.3) is 0 Å². The maximum atomic E-state index is 5.81. The van der Waals surface area contributed by atoms with E-state index < -0.39 is 0 Å². The van der Waals surface area contributed by atoms with Gasteiger partial charge in [-0.1, -0.05) is 24.3 Å². The summed E-state index contributed by atoms with van der Waals surface area (Å²) in [6.07, 6.45) is 8.93. The van der Waals surface area contributed by atoms with Crippen LogP contribution < -0.4 is 5.73 Å². The van der Waals surface area contributed by atoms with E-state index in [0.29, 0.717) is 12.0 Å². The summed E-state index contributed by atoms with van der Waals surface area (Å²) in [4.78, 5) is 0. The topological polar surface area (TPSA) is 26.0 Å². The van der Waals surface area contributed by atoms with Gasteiger partial charge in [-0.2, -0.15) is 0 Å². The second kappa shape index (κ2) is 3.84. The highest BCUT2D eigenvalue weighted by Gasteiger charge is 2.51. The highest BCUT2D eigenvalue weighted by atomic mass is 14.6. The van der Waals surface area contributed by atoms with E-state index >= 15 is 0 Å². The van der Waals surface area contributed by atoms with Gasteiger partial charge < -0.3 is 5.73 Å². The molecule has 0 heterocycles. The largest absolute Gasteiger partial charge is 0.326 e. The molecule has 4 aliphatic rings. The summed E-state index contributed by atoms with van der Waals surface area (Å²) in [5.74, 6) is 3.08. The maximum Gasteiger partial charge on any atom is 0.0178 e. The minimum atomic E-state index is 0.528. The van der Waals surface area contributed by atoms with Crippen molar-refractivity contribution in [3.8, 4) is 0 Å². The van der Waals surface area contributed by atoms with Crippen molar-refractivity contribution in [1.82, 2.24) is 0 Å². The Morgan fingerprint density at radius 3 is 2.17 bits per heavy atom. The van der Waals surface area contributed by atoms with Crippen LogP contribution in [-0.2, 0) is 12.0 Å². The van der Waals surface area contributed by atoms with Gasteiger partial charge in [0.15, 0.2) is 0 Å². The number of hydrogen-bond acceptors (Lipinski definition) is 1. The SMILES string of the molecule is NCc1cccc(C23CC4CC(CC(C4)C2)C3)c1. The van der Waals surface area contributed by atoms with E-state index in [2.05, 4.69) is 24.3 Å². The van der Waals surface area contributed by atoms with Crippen LogP contribution in [0, 0.1) is 17.8 Å². The van der Waals surface area contributed by atoms with Crippen LogP contribution in [0.2, 0.25) is 0 Å². The van der Waals surface area contributed by atoms with E-state index in [1.165, 1.54) is 44.1 Å². The molecule has 4 fully saturated rings. The Morgan fingerprint density at radius 1 is 1.00 bits per heavy atom. The predicted molar refractivity (Wildman–Crippen MR) is 74.2 cm³/mol. The Morgan fingerprint density at radius 2 is 1.61 bits per heavy atom. The molecule has 0 spiro atoms. The molecule has 18 heavy (non-hydrogen) atoms. The fourth-order valence-corrected chi connectivity index (χ4v) is 5.49. The second-order valence-electron chi connectivity index (χ2n) is 7.10. The highest BCUT2D eigenvalue weighted by Crippen LogP contribution is 2.60. The molecule has 1 aromatic carbocycles. The van der Waals surface area contributed by atoms with Gasteiger partial charge in [-0.25, -0.2) is 0 Å². The molecule has 4 bridgehead atoms. The lowest BCUT2D eigenvalue weighted by Crippen LogP contribution is -2.48. The molecule has 0 saturated heterocycles. The third-order valence-electron chi connectivity index (χ3n) is 5.81. The van der Waals surface area contributed by atoms with Gasteiger partial charge in [-0.3, -0.25) is 0 Å². The zero-order chi connectivity index (χ0) is 12.2. The van der Waals surface area contributed by atoms with Crippen molar-refractivity contribution in [2.45, 2.75) is 50.5 Å². The molecule has 0 aromatic heterocycles. The van der Waals surface area contributed by atoms with Crippen molar-refractivity contribution in [1.29, 1.82) is 0 Å². The first kappa shape index (κ1) is 11.0. The van der Waals surface area contributed by atoms with Crippen LogP contribution in [0.5, 0.6) is 0 Å². The van der Waals surface area contributed by atoms with Crippen LogP contribution in [-0.4, -0.2) is 0 Å². The van der Waals surface area contributed by atoms with Crippen LogP contribution in [0.3, 0.4) is 0 Å². The second-order valence-corrected chi connectivity index (χ2v) is 7.10. The Bertz CT molecular complexity index is 427. The molecule has 4 aliphatic carbocycles. The van der Waals surface area contributed by atoms with Crippen LogP contribution in [0.4, 0.5) is 0 Å². The lowest BCUT2D eigenvalue weighted by molar-refractivity contribution is -0.00521. The lowest BCUT2D eigenvalue weighted by Gasteiger charge is -2.57. The monoisotopic (exact) mass is 241 g/mol. The summed E-state index contributed by atoms with van der Waals surface area (Å²) in [5, 5.41) is 0. The molecule has 0 atom stereocenters. The van der Waals surface area contributed by atoms with Crippen molar-refractivity contribution < 1.29 is 0 Å². The van der Waals surface area contributed by atoms with Crippen molar-refractivity contribution >= 4 is 0 Å². The zero-order valence-corrected chi connectivity index (χ0v) is 11.1. The Hall–Kier alpha value is -0.820. The fourth-order valence-electron chi connectivity index (χ4n) is 5.49. The first-order chi connectivity index (χ1) is 8.77. The van der Waals surface area contributed by atoms with Crippen LogP contribution >= 0.6 is 0 Å². The maximum absolute atomic E-state index is 5.81. The zero-order valence-electron chi connectivity index (χ0n) is 11.1. The Labute approximate surface area is 110 Å². The standard InChI is InChI=1S/C17H23N/c18-11-12-2-1-3-16(7-12)17-8-13-4-14(9-17)6-15(5-13)10-17/h1-3,7,13-15H,4-6,8-11,18H2. The van der Waals surface area contributed by atoms with Crippen LogP contribution in [0.1, 0.15) is 49.7 Å². The van der Waals surface area contributed by atoms with Crippen LogP contribution in [0.15, 0.2) is 24.3 Å². The lowest BCUT2D eigenvalue weighted by atomic mass is 9.48. The average Bonchev–Trinajstić information content (AvgIpc) is 2.37. The van der Waals surface area contributed by atoms with Gasteiger partial charge in [-0.15, -0.1) is 0 Å². The predicted octanol–water partition coefficient (Wildman–Crippen LogP) is 3.61. The van der Waals surface area contributed by atoms with Crippen molar-refractivity contribution in [2.24, 2.45) is 23.5 Å². The van der Waals surface area contributed by atoms with E-state index in [1.54, 1.807) is 5.56 Å². The molecular weight excluding hydrogens is 218 g/mol. The molecule has 0 amide bonds. The van der Waals surface area contributed by atoms with E-state index in [-0.39, 0.29) is 0 Å². The smallest absolute Gasteiger partial charge is 0.0178 e. The van der Waals surface area contributed by atoms with Gasteiger partial charge >= 0.3 is 0 Å². The summed E-state index contributed by atoms with van der Waals surface area (Å²) in [7, 11) is 0. The summed E-state index contributed by atoms with van der Waals surface area (Å²) < 4.78 is 0. The molecule has 1 heteroatoms. The molecular formula is C17H23N. The van der Waals surface area contributed by atoms with Crippen molar-refractivity contribution in [3.05, 3.63) is 35.4 Å². The van der Waals surface area contributed by atoms with Gasteiger partial charge in [0.1, 0.15) is 0 Å². The molecule has 96 valence electrons. The first-order valence-corrected chi connectivity index (χ1v) is 7.57. The van der Waals surface area contributed by atoms with Gasteiger partial charge in [0.2, 0.25) is 0 Å². The molecule has 1 nitrogen and oxygen atoms in total. The summed E-state index contributed by atoms with van der Waals surface area (Å²) in [6, 6.07) is 9.15. The third-order valence-corrected chi connectivity index (χ3v) is 5.81. The van der Waals surface area contributed by atoms with E-state index in [4.69, 9.17) is 5.73 Å². The molecule has 0 unspecified atom stereocenters. The van der Waals surface area contributed by atoms with Gasteiger partial charge in [0.05, 0.1) is 0 Å². The summed E-state index contributed by atoms with van der Waals surface area (Å²) in [6.45, 7) is 0.681. The number of hydrogen-bond donors (Lipinski definition) is 1. The van der Waals surface area contributed by atoms with Crippen molar-refractivity contribution in [2.75, 3.05) is 0 Å². The quantitative estimate of drug-likeness (QED) is 0.841. The number of benzene rings is 1. The number of nitrogens with two attached hydrogens (primary N) is 1. The first-order valence-electron chi connectivity index (χ1n) is 7.57. The molecule has 4 saturated carbocycles. The molecule has 1 aromatic rings. The van der Waals surface area contributed by atoms with Gasteiger partial charge in [-0.05, 0) is 72.8 Å². The average molecular weight is 241 g/mol. The minimum Gasteiger partial charge on any atom is -0.326 e. The molecule has 0 aliphatic heterocycles. The molecule has 2 N–H and O–H groups in total. The molecule has 5 rings (SSSR count). The van der Waals surface area contributed by atoms with Crippen molar-refractivity contribution in [3.63, 3.8) is 0 Å². The summed E-state index contributed by atoms with van der Waals surface area (Å²) in [5.41, 5.74) is 9.25. The van der Waals surface area contributed by atoms with E-state index in [9.17, 15) is 0 Å². The highest BCUT2D eigenvalue weighted by molar-refractivity contribution is 5.33. The fraction of sp³-hybridized carbons (Fsp3) is 0.647. The molecule has 0 radical (unpaired) electrons. The number of rotatable bonds is 2. The third kappa shape index (κ3) is 1.56. The minimum absolute atomic E-state index is 0.528. The van der Waals surface area contributed by atoms with Gasteiger partial charge in [0.25, 0.3) is 0 Å². The Balaban J connectivity index is 1.74. The summed E-state index contributed by atoms with van der Waals surface area (Å²) >= 11 is 0. The normalized spacial score (nSPS) is 41.3.